The Morgan fingerprint density at radius 3 is 2.55 bits per heavy atom. The van der Waals surface area contributed by atoms with Gasteiger partial charge in [-0.25, -0.2) is 14.8 Å². The van der Waals surface area contributed by atoms with Crippen molar-refractivity contribution in [3.05, 3.63) is 53.6 Å². The van der Waals surface area contributed by atoms with Crippen molar-refractivity contribution in [3.8, 4) is 17.1 Å². The monoisotopic (exact) mass is 394 g/mol. The van der Waals surface area contributed by atoms with Crippen LogP contribution >= 0.6 is 0 Å². The first kappa shape index (κ1) is 18.9. The van der Waals surface area contributed by atoms with Gasteiger partial charge in [0.15, 0.2) is 17.1 Å². The lowest BCUT2D eigenvalue weighted by Gasteiger charge is -2.31. The highest BCUT2D eigenvalue weighted by molar-refractivity contribution is 5.99. The number of aromatic nitrogens is 3. The van der Waals surface area contributed by atoms with Gasteiger partial charge in [-0.3, -0.25) is 0 Å². The largest absolute Gasteiger partial charge is 0.497 e. The zero-order valence-electron chi connectivity index (χ0n) is 16.3. The Labute approximate surface area is 168 Å². The summed E-state index contributed by atoms with van der Waals surface area (Å²) in [6.45, 7) is 3.25. The summed E-state index contributed by atoms with van der Waals surface area (Å²) in [4.78, 5) is 22.7. The quantitative estimate of drug-likeness (QED) is 0.701. The second-order valence-corrected chi connectivity index (χ2v) is 7.03. The molecule has 0 unspecified atom stereocenters. The number of aromatic carboxylic acids is 1. The van der Waals surface area contributed by atoms with Gasteiger partial charge in [0.1, 0.15) is 11.6 Å². The molecule has 0 bridgehead atoms. The molecule has 0 spiro atoms. The van der Waals surface area contributed by atoms with Crippen molar-refractivity contribution in [2.45, 2.75) is 25.7 Å². The molecule has 1 fully saturated rings. The molecule has 2 aromatic heterocycles. The van der Waals surface area contributed by atoms with Crippen molar-refractivity contribution in [1.82, 2.24) is 15.1 Å². The van der Waals surface area contributed by atoms with Crippen molar-refractivity contribution < 1.29 is 19.2 Å². The Hall–Kier alpha value is -3.42. The smallest absolute Gasteiger partial charge is 0.343 e. The van der Waals surface area contributed by atoms with Crippen molar-refractivity contribution in [1.29, 1.82) is 0 Å². The summed E-state index contributed by atoms with van der Waals surface area (Å²) in [5.41, 5.74) is 1.77. The number of nitrogens with zero attached hydrogens (tertiary/aromatic N) is 4. The number of rotatable bonds is 5. The molecule has 0 atom stereocenters. The van der Waals surface area contributed by atoms with Crippen molar-refractivity contribution in [2.75, 3.05) is 25.1 Å². The summed E-state index contributed by atoms with van der Waals surface area (Å²) in [7, 11) is 1.58. The molecular formula is C21H22N4O4. The number of piperidine rings is 1. The molecule has 8 heteroatoms. The Balaban J connectivity index is 1.56. The first-order valence-electron chi connectivity index (χ1n) is 9.48. The third kappa shape index (κ3) is 3.78. The summed E-state index contributed by atoms with van der Waals surface area (Å²) >= 11 is 0. The topological polar surface area (TPSA) is 102 Å². The molecule has 1 aliphatic heterocycles. The standard InChI is InChI=1S/C21H22N4O4/c1-13-22-10-7-17(23-13)14-8-11-25(12-9-14)20-18(21(26)27)19(29-24-20)15-3-5-16(28-2)6-4-15/h3-7,10,14H,8-9,11-12H2,1-2H3,(H,26,27). The zero-order valence-corrected chi connectivity index (χ0v) is 16.3. The normalized spacial score (nSPS) is 14.8. The van der Waals surface area contributed by atoms with Crippen LogP contribution in [-0.4, -0.2) is 46.4 Å². The fourth-order valence-electron chi connectivity index (χ4n) is 3.72. The molecule has 1 N–H and O–H groups in total. The van der Waals surface area contributed by atoms with Gasteiger partial charge in [-0.2, -0.15) is 0 Å². The van der Waals surface area contributed by atoms with E-state index >= 15 is 0 Å². The number of benzene rings is 1. The minimum absolute atomic E-state index is 0.0893. The number of hydrogen-bond acceptors (Lipinski definition) is 7. The highest BCUT2D eigenvalue weighted by Gasteiger charge is 2.30. The number of carbonyl (C=O) groups is 1. The lowest BCUT2D eigenvalue weighted by atomic mass is 9.93. The fourth-order valence-corrected chi connectivity index (χ4v) is 3.72. The average molecular weight is 394 g/mol. The summed E-state index contributed by atoms with van der Waals surface area (Å²) in [5.74, 6) is 1.35. The molecule has 4 rings (SSSR count). The van der Waals surface area contributed by atoms with E-state index in [0.717, 1.165) is 24.4 Å². The Morgan fingerprint density at radius 2 is 1.93 bits per heavy atom. The Morgan fingerprint density at radius 1 is 1.21 bits per heavy atom. The van der Waals surface area contributed by atoms with E-state index in [4.69, 9.17) is 9.26 Å². The number of aryl methyl sites for hydroxylation is 1. The predicted octanol–water partition coefficient (Wildman–Crippen LogP) is 3.53. The third-order valence-corrected chi connectivity index (χ3v) is 5.25. The maximum atomic E-state index is 12.0. The summed E-state index contributed by atoms with van der Waals surface area (Å²) in [6, 6.07) is 9.00. The lowest BCUT2D eigenvalue weighted by molar-refractivity contribution is 0.0697. The third-order valence-electron chi connectivity index (χ3n) is 5.25. The predicted molar refractivity (Wildman–Crippen MR) is 106 cm³/mol. The molecule has 150 valence electrons. The van der Waals surface area contributed by atoms with Crippen LogP contribution in [0.15, 0.2) is 41.1 Å². The molecule has 1 aliphatic rings. The maximum absolute atomic E-state index is 12.0. The van der Waals surface area contributed by atoms with E-state index in [1.165, 1.54) is 0 Å². The number of hydrogen-bond donors (Lipinski definition) is 1. The maximum Gasteiger partial charge on any atom is 0.343 e. The molecular weight excluding hydrogens is 372 g/mol. The highest BCUT2D eigenvalue weighted by atomic mass is 16.5. The molecule has 29 heavy (non-hydrogen) atoms. The van der Waals surface area contributed by atoms with Crippen LogP contribution in [0.4, 0.5) is 5.82 Å². The van der Waals surface area contributed by atoms with Crippen molar-refractivity contribution >= 4 is 11.8 Å². The number of carboxylic acid groups (broad SMARTS) is 1. The molecule has 0 radical (unpaired) electrons. The van der Waals surface area contributed by atoms with Crippen LogP contribution in [0.3, 0.4) is 0 Å². The van der Waals surface area contributed by atoms with Gasteiger partial charge in [0, 0.05) is 36.5 Å². The zero-order chi connectivity index (χ0) is 20.4. The van der Waals surface area contributed by atoms with Gasteiger partial charge >= 0.3 is 5.97 Å². The molecule has 1 saturated heterocycles. The van der Waals surface area contributed by atoms with Gasteiger partial charge in [-0.15, -0.1) is 0 Å². The van der Waals surface area contributed by atoms with Gasteiger partial charge < -0.3 is 19.3 Å². The van der Waals surface area contributed by atoms with Gasteiger partial charge in [-0.05, 0) is 50.1 Å². The molecule has 3 aromatic rings. The van der Waals surface area contributed by atoms with Crippen LogP contribution in [-0.2, 0) is 0 Å². The second kappa shape index (κ2) is 7.90. The van der Waals surface area contributed by atoms with E-state index in [9.17, 15) is 9.90 Å². The van der Waals surface area contributed by atoms with Crippen molar-refractivity contribution in [3.63, 3.8) is 0 Å². The number of ether oxygens (including phenoxy) is 1. The summed E-state index contributed by atoms with van der Waals surface area (Å²) in [6.07, 6.45) is 3.51. The van der Waals surface area contributed by atoms with Gasteiger partial charge in [0.05, 0.1) is 7.11 Å². The van der Waals surface area contributed by atoms with E-state index in [1.807, 2.05) is 17.9 Å². The number of carboxylic acids is 1. The molecule has 0 amide bonds. The van der Waals surface area contributed by atoms with E-state index in [-0.39, 0.29) is 11.3 Å². The molecule has 8 nitrogen and oxygen atoms in total. The number of methoxy groups -OCH3 is 1. The SMILES string of the molecule is COc1ccc(-c2onc(N3CCC(c4ccnc(C)n4)CC3)c2C(=O)O)cc1. The lowest BCUT2D eigenvalue weighted by Crippen LogP contribution is -2.34. The van der Waals surface area contributed by atoms with Crippen LogP contribution in [0.2, 0.25) is 0 Å². The molecule has 3 heterocycles. The highest BCUT2D eigenvalue weighted by Crippen LogP contribution is 2.35. The van der Waals surface area contributed by atoms with Gasteiger partial charge in [0.25, 0.3) is 0 Å². The second-order valence-electron chi connectivity index (χ2n) is 7.03. The fraction of sp³-hybridized carbons (Fsp3) is 0.333. The minimum atomic E-state index is -1.05. The van der Waals surface area contributed by atoms with Crippen LogP contribution < -0.4 is 9.64 Å². The average Bonchev–Trinajstić information content (AvgIpc) is 3.19. The van der Waals surface area contributed by atoms with E-state index in [0.29, 0.717) is 36.1 Å². The van der Waals surface area contributed by atoms with Gasteiger partial charge in [-0.1, -0.05) is 5.16 Å². The Bertz CT molecular complexity index is 1010. The van der Waals surface area contributed by atoms with Crippen LogP contribution in [0, 0.1) is 6.92 Å². The Kier molecular flexibility index (Phi) is 5.16. The molecule has 0 saturated carbocycles. The van der Waals surface area contributed by atoms with Crippen LogP contribution in [0.5, 0.6) is 5.75 Å². The van der Waals surface area contributed by atoms with Crippen molar-refractivity contribution in [2.24, 2.45) is 0 Å². The van der Waals surface area contributed by atoms with Crippen LogP contribution in [0.1, 0.15) is 40.6 Å². The van der Waals surface area contributed by atoms with Gasteiger partial charge in [0.2, 0.25) is 0 Å². The number of anilines is 1. The minimum Gasteiger partial charge on any atom is -0.497 e. The van der Waals surface area contributed by atoms with E-state index in [2.05, 4.69) is 15.1 Å². The van der Waals surface area contributed by atoms with Crippen LogP contribution in [0.25, 0.3) is 11.3 Å². The van der Waals surface area contributed by atoms with E-state index < -0.39 is 5.97 Å². The molecule has 0 aliphatic carbocycles. The first-order valence-corrected chi connectivity index (χ1v) is 9.48. The first-order chi connectivity index (χ1) is 14.1. The summed E-state index contributed by atoms with van der Waals surface area (Å²) in [5, 5.41) is 13.9. The molecule has 1 aromatic carbocycles. The van der Waals surface area contributed by atoms with E-state index in [1.54, 1.807) is 37.6 Å². The summed E-state index contributed by atoms with van der Waals surface area (Å²) < 4.78 is 10.6.